The topological polar surface area (TPSA) is 15.6 Å². The highest BCUT2D eigenvalue weighted by molar-refractivity contribution is 5.94. The third kappa shape index (κ3) is 6.23. The lowest BCUT2D eigenvalue weighted by atomic mass is 10.1. The number of amidine groups is 1. The Morgan fingerprint density at radius 1 is 1.06 bits per heavy atom. The van der Waals surface area contributed by atoms with Crippen molar-refractivity contribution in [1.82, 2.24) is 4.90 Å². The van der Waals surface area contributed by atoms with Gasteiger partial charge in [0.25, 0.3) is 0 Å². The van der Waals surface area contributed by atoms with E-state index in [0.717, 1.165) is 19.6 Å². The molecule has 0 radical (unpaired) electrons. The third-order valence-electron chi connectivity index (χ3n) is 3.59. The van der Waals surface area contributed by atoms with Gasteiger partial charge in [-0.1, -0.05) is 51.5 Å². The van der Waals surface area contributed by atoms with Crippen LogP contribution in [0.5, 0.6) is 0 Å². The van der Waals surface area contributed by atoms with Gasteiger partial charge >= 0.3 is 0 Å². The smallest absolute Gasteiger partial charge is 0.123 e. The minimum absolute atomic E-state index is 0.977. The van der Waals surface area contributed by atoms with Gasteiger partial charge in [-0.25, -0.2) is 0 Å². The molecule has 2 heteroatoms. The van der Waals surface area contributed by atoms with Crippen LogP contribution >= 0.6 is 0 Å². The van der Waals surface area contributed by atoms with Crippen molar-refractivity contribution in [1.29, 1.82) is 0 Å². The van der Waals surface area contributed by atoms with Crippen molar-refractivity contribution in [3.05, 3.63) is 12.2 Å². The summed E-state index contributed by atoms with van der Waals surface area (Å²) < 4.78 is 0. The zero-order valence-electron chi connectivity index (χ0n) is 12.3. The average Bonchev–Trinajstić information content (AvgIpc) is 2.84. The summed E-state index contributed by atoms with van der Waals surface area (Å²) >= 11 is 0. The zero-order valence-corrected chi connectivity index (χ0v) is 12.3. The monoisotopic (exact) mass is 250 g/mol. The fourth-order valence-electron chi connectivity index (χ4n) is 2.39. The average molecular weight is 250 g/mol. The normalized spacial score (nSPS) is 15.7. The fourth-order valence-corrected chi connectivity index (χ4v) is 2.39. The molecule has 0 bridgehead atoms. The molecule has 1 rings (SSSR count). The van der Waals surface area contributed by atoms with Crippen molar-refractivity contribution in [3.63, 3.8) is 0 Å². The maximum Gasteiger partial charge on any atom is 0.123 e. The van der Waals surface area contributed by atoms with Gasteiger partial charge in [0.15, 0.2) is 0 Å². The Kier molecular flexibility index (Phi) is 8.62. The van der Waals surface area contributed by atoms with E-state index >= 15 is 0 Å². The number of hydrogen-bond donors (Lipinski definition) is 0. The molecular weight excluding hydrogens is 220 g/mol. The van der Waals surface area contributed by atoms with Crippen molar-refractivity contribution in [2.75, 3.05) is 19.6 Å². The van der Waals surface area contributed by atoms with Crippen LogP contribution in [0.1, 0.15) is 65.2 Å². The van der Waals surface area contributed by atoms with Gasteiger partial charge in [0.05, 0.1) is 6.54 Å². The van der Waals surface area contributed by atoms with Gasteiger partial charge in [-0.2, -0.15) is 0 Å². The molecule has 1 aliphatic heterocycles. The maximum absolute atomic E-state index is 4.51. The number of rotatable bonds is 10. The van der Waals surface area contributed by atoms with Crippen LogP contribution in [-0.4, -0.2) is 30.4 Å². The molecule has 0 N–H and O–H groups in total. The molecule has 0 aromatic rings. The van der Waals surface area contributed by atoms with Gasteiger partial charge in [-0.3, -0.25) is 4.99 Å². The van der Waals surface area contributed by atoms with Gasteiger partial charge in [-0.15, -0.1) is 0 Å². The Morgan fingerprint density at radius 2 is 1.78 bits per heavy atom. The van der Waals surface area contributed by atoms with Gasteiger partial charge in [0.2, 0.25) is 0 Å². The van der Waals surface area contributed by atoms with Gasteiger partial charge in [-0.05, 0) is 25.8 Å². The Morgan fingerprint density at radius 3 is 2.50 bits per heavy atom. The fraction of sp³-hybridized carbons (Fsp3) is 0.812. The van der Waals surface area contributed by atoms with E-state index in [9.17, 15) is 0 Å². The molecule has 104 valence electrons. The minimum atomic E-state index is 0.977. The molecule has 18 heavy (non-hydrogen) atoms. The molecular formula is C16H30N2. The Labute approximate surface area is 113 Å². The highest BCUT2D eigenvalue weighted by Gasteiger charge is 2.10. The summed E-state index contributed by atoms with van der Waals surface area (Å²) in [6.45, 7) is 7.64. The van der Waals surface area contributed by atoms with E-state index in [4.69, 9.17) is 0 Å². The zero-order chi connectivity index (χ0) is 13.1. The molecule has 0 spiro atoms. The molecule has 0 unspecified atom stereocenters. The van der Waals surface area contributed by atoms with Crippen molar-refractivity contribution < 1.29 is 0 Å². The largest absolute Gasteiger partial charge is 0.355 e. The first-order valence-electron chi connectivity index (χ1n) is 7.84. The van der Waals surface area contributed by atoms with Crippen LogP contribution in [0.4, 0.5) is 0 Å². The molecule has 0 saturated heterocycles. The lowest BCUT2D eigenvalue weighted by Crippen LogP contribution is -2.25. The maximum atomic E-state index is 4.51. The number of likely N-dealkylation sites (N-methyl/N-ethyl adjacent to an activating group) is 1. The van der Waals surface area contributed by atoms with Crippen molar-refractivity contribution in [2.45, 2.75) is 65.2 Å². The van der Waals surface area contributed by atoms with Crippen molar-refractivity contribution in [3.8, 4) is 0 Å². The first-order valence-corrected chi connectivity index (χ1v) is 7.84. The standard InChI is InChI=1S/C16H30N2/c1-3-5-6-7-8-9-10-11-12-13-16-17-14-15-18(16)4-2/h12-13H,3-11,14-15H2,1-2H3. The predicted octanol–water partition coefficient (Wildman–Crippen LogP) is 4.42. The van der Waals surface area contributed by atoms with E-state index < -0.39 is 0 Å². The summed E-state index contributed by atoms with van der Waals surface area (Å²) in [4.78, 5) is 6.86. The van der Waals surface area contributed by atoms with E-state index in [-0.39, 0.29) is 0 Å². The number of aliphatic imine (C=N–C) groups is 1. The second kappa shape index (κ2) is 10.2. The third-order valence-corrected chi connectivity index (χ3v) is 3.59. The van der Waals surface area contributed by atoms with Crippen molar-refractivity contribution >= 4 is 5.84 Å². The number of allylic oxidation sites excluding steroid dienone is 1. The molecule has 0 fully saturated rings. The molecule has 0 saturated carbocycles. The summed E-state index contributed by atoms with van der Waals surface area (Å²) in [7, 11) is 0. The summed E-state index contributed by atoms with van der Waals surface area (Å²) in [5, 5.41) is 0. The van der Waals surface area contributed by atoms with Gasteiger partial charge < -0.3 is 4.90 Å². The van der Waals surface area contributed by atoms with E-state index in [1.165, 1.54) is 57.2 Å². The molecule has 0 aliphatic carbocycles. The van der Waals surface area contributed by atoms with Crippen LogP contribution in [-0.2, 0) is 0 Å². The lowest BCUT2D eigenvalue weighted by Gasteiger charge is -2.14. The number of hydrogen-bond acceptors (Lipinski definition) is 2. The summed E-state index contributed by atoms with van der Waals surface area (Å²) in [6.07, 6.45) is 15.5. The highest BCUT2D eigenvalue weighted by atomic mass is 15.2. The van der Waals surface area contributed by atoms with Crippen LogP contribution in [0.3, 0.4) is 0 Å². The van der Waals surface area contributed by atoms with Crippen LogP contribution in [0.25, 0.3) is 0 Å². The van der Waals surface area contributed by atoms with Crippen LogP contribution in [0, 0.1) is 0 Å². The Balaban J connectivity index is 1.97. The van der Waals surface area contributed by atoms with Crippen LogP contribution in [0.15, 0.2) is 17.1 Å². The molecule has 1 aliphatic rings. The van der Waals surface area contributed by atoms with Gasteiger partial charge in [0.1, 0.15) is 5.84 Å². The lowest BCUT2D eigenvalue weighted by molar-refractivity contribution is 0.485. The molecule has 0 amide bonds. The first kappa shape index (κ1) is 15.3. The van der Waals surface area contributed by atoms with Crippen molar-refractivity contribution in [2.24, 2.45) is 4.99 Å². The number of unbranched alkanes of at least 4 members (excludes halogenated alkanes) is 7. The first-order chi connectivity index (χ1) is 8.88. The molecule has 0 aromatic carbocycles. The second-order valence-electron chi connectivity index (χ2n) is 5.13. The number of nitrogens with zero attached hydrogens (tertiary/aromatic N) is 2. The highest BCUT2D eigenvalue weighted by Crippen LogP contribution is 2.09. The van der Waals surface area contributed by atoms with Crippen LogP contribution in [0.2, 0.25) is 0 Å². The SMILES string of the molecule is CCCCCCCCCC=CC1=NCCN1CC. The molecule has 0 aromatic heterocycles. The molecule has 2 nitrogen and oxygen atoms in total. The quantitative estimate of drug-likeness (QED) is 0.524. The summed E-state index contributed by atoms with van der Waals surface area (Å²) in [5.41, 5.74) is 0. The van der Waals surface area contributed by atoms with Gasteiger partial charge in [0, 0.05) is 13.1 Å². The second-order valence-corrected chi connectivity index (χ2v) is 5.13. The minimum Gasteiger partial charge on any atom is -0.355 e. The Hall–Kier alpha value is -0.790. The molecule has 1 heterocycles. The molecule has 0 atom stereocenters. The van der Waals surface area contributed by atoms with E-state index in [0.29, 0.717) is 0 Å². The predicted molar refractivity (Wildman–Crippen MR) is 81.3 cm³/mol. The Bertz CT molecular complexity index is 256. The summed E-state index contributed by atoms with van der Waals surface area (Å²) in [6, 6.07) is 0. The summed E-state index contributed by atoms with van der Waals surface area (Å²) in [5.74, 6) is 1.19. The van der Waals surface area contributed by atoms with E-state index in [2.05, 4.69) is 35.9 Å². The van der Waals surface area contributed by atoms with Crippen LogP contribution < -0.4 is 0 Å². The van der Waals surface area contributed by atoms with E-state index in [1.54, 1.807) is 0 Å². The van der Waals surface area contributed by atoms with E-state index in [1.807, 2.05) is 0 Å².